The van der Waals surface area contributed by atoms with Gasteiger partial charge in [0.1, 0.15) is 5.82 Å². The summed E-state index contributed by atoms with van der Waals surface area (Å²) < 4.78 is 18.2. The van der Waals surface area contributed by atoms with E-state index in [0.29, 0.717) is 17.3 Å². The fraction of sp³-hybridized carbons (Fsp3) is 0.333. The first-order valence-corrected chi connectivity index (χ1v) is 5.87. The molecule has 2 N–H and O–H groups in total. The normalized spacial score (nSPS) is 12.4. The van der Waals surface area contributed by atoms with E-state index in [4.69, 9.17) is 17.0 Å². The third-order valence-electron chi connectivity index (χ3n) is 2.07. The van der Waals surface area contributed by atoms with Crippen LogP contribution in [0.25, 0.3) is 0 Å². The Bertz CT molecular complexity index is 426. The Labute approximate surface area is 111 Å². The highest BCUT2D eigenvalue weighted by Gasteiger charge is 2.02. The Morgan fingerprint density at radius 3 is 2.94 bits per heavy atom. The van der Waals surface area contributed by atoms with Crippen LogP contribution in [0.1, 0.15) is 12.5 Å². The largest absolute Gasteiger partial charge is 0.383 e. The first-order valence-electron chi connectivity index (χ1n) is 5.46. The molecule has 0 saturated carbocycles. The molecule has 98 valence electrons. The van der Waals surface area contributed by atoms with Crippen molar-refractivity contribution < 1.29 is 9.13 Å². The van der Waals surface area contributed by atoms with E-state index in [1.54, 1.807) is 25.3 Å². The number of nitrogens with one attached hydrogen (secondary N) is 2. The number of nitrogens with zero attached hydrogens (tertiary/aromatic N) is 1. The van der Waals surface area contributed by atoms with Crippen molar-refractivity contribution in [2.45, 2.75) is 13.0 Å². The summed E-state index contributed by atoms with van der Waals surface area (Å²) in [5, 5.41) is 7.19. The molecule has 0 aliphatic rings. The van der Waals surface area contributed by atoms with E-state index in [1.165, 1.54) is 12.3 Å². The van der Waals surface area contributed by atoms with Gasteiger partial charge < -0.3 is 10.1 Å². The number of hydrazone groups is 1. The van der Waals surface area contributed by atoms with Crippen LogP contribution in [0.4, 0.5) is 4.39 Å². The molecule has 18 heavy (non-hydrogen) atoms. The monoisotopic (exact) mass is 269 g/mol. The molecule has 0 radical (unpaired) electrons. The molecule has 0 spiro atoms. The second kappa shape index (κ2) is 7.73. The molecule has 1 aromatic carbocycles. The minimum atomic E-state index is -0.324. The van der Waals surface area contributed by atoms with Gasteiger partial charge in [0.25, 0.3) is 0 Å². The summed E-state index contributed by atoms with van der Waals surface area (Å²) in [5.41, 5.74) is 3.02. The molecule has 0 fully saturated rings. The molecule has 0 amide bonds. The van der Waals surface area contributed by atoms with Gasteiger partial charge in [-0.2, -0.15) is 5.10 Å². The summed E-state index contributed by atoms with van der Waals surface area (Å²) in [7, 11) is 1.62. The maximum Gasteiger partial charge on any atom is 0.187 e. The zero-order valence-electron chi connectivity index (χ0n) is 10.3. The predicted octanol–water partition coefficient (Wildman–Crippen LogP) is 1.66. The zero-order chi connectivity index (χ0) is 13.4. The van der Waals surface area contributed by atoms with Crippen molar-refractivity contribution in [2.75, 3.05) is 13.7 Å². The highest BCUT2D eigenvalue weighted by molar-refractivity contribution is 7.80. The predicted molar refractivity (Wildman–Crippen MR) is 74.2 cm³/mol. The third kappa shape index (κ3) is 5.20. The summed E-state index contributed by atoms with van der Waals surface area (Å²) >= 11 is 5.01. The van der Waals surface area contributed by atoms with Gasteiger partial charge in [-0.25, -0.2) is 4.39 Å². The van der Waals surface area contributed by atoms with E-state index in [-0.39, 0.29) is 11.9 Å². The van der Waals surface area contributed by atoms with Crippen molar-refractivity contribution in [2.24, 2.45) is 5.10 Å². The SMILES string of the molecule is COC[C@H](C)NC(=S)N/N=C\c1ccccc1F. The molecule has 0 unspecified atom stereocenters. The molecule has 6 heteroatoms. The average Bonchev–Trinajstić information content (AvgIpc) is 2.31. The molecule has 0 aromatic heterocycles. The van der Waals surface area contributed by atoms with Crippen LogP contribution in [-0.4, -0.2) is 31.1 Å². The number of ether oxygens (including phenoxy) is 1. The molecule has 0 heterocycles. The summed E-state index contributed by atoms with van der Waals surface area (Å²) in [5.74, 6) is -0.324. The summed E-state index contributed by atoms with van der Waals surface area (Å²) in [4.78, 5) is 0. The van der Waals surface area contributed by atoms with Gasteiger partial charge in [0.2, 0.25) is 0 Å². The molecule has 1 aromatic rings. The Hall–Kier alpha value is -1.53. The fourth-order valence-electron chi connectivity index (χ4n) is 1.29. The average molecular weight is 269 g/mol. The number of hydrogen-bond acceptors (Lipinski definition) is 3. The summed E-state index contributed by atoms with van der Waals surface area (Å²) in [6.45, 7) is 2.47. The van der Waals surface area contributed by atoms with Gasteiger partial charge in [0.05, 0.1) is 12.8 Å². The summed E-state index contributed by atoms with van der Waals surface area (Å²) in [6.07, 6.45) is 1.38. The molecule has 0 bridgehead atoms. The van der Waals surface area contributed by atoms with Gasteiger partial charge in [0, 0.05) is 18.7 Å². The minimum Gasteiger partial charge on any atom is -0.383 e. The lowest BCUT2D eigenvalue weighted by atomic mass is 10.2. The number of hydrogen-bond donors (Lipinski definition) is 2. The van der Waals surface area contributed by atoms with Crippen molar-refractivity contribution in [1.29, 1.82) is 0 Å². The van der Waals surface area contributed by atoms with Crippen LogP contribution in [0, 0.1) is 5.82 Å². The molecule has 1 rings (SSSR count). The van der Waals surface area contributed by atoms with Crippen LogP contribution in [0.15, 0.2) is 29.4 Å². The lowest BCUT2D eigenvalue weighted by Crippen LogP contribution is -2.40. The van der Waals surface area contributed by atoms with Crippen LogP contribution in [0.5, 0.6) is 0 Å². The fourth-order valence-corrected chi connectivity index (χ4v) is 1.54. The number of methoxy groups -OCH3 is 1. The standard InChI is InChI=1S/C12H16FN3OS/c1-9(8-17-2)15-12(18)16-14-7-10-5-3-4-6-11(10)13/h3-7,9H,8H2,1-2H3,(H2,15,16,18)/b14-7-/t9-/m0/s1. The number of benzene rings is 1. The van der Waals surface area contributed by atoms with E-state index < -0.39 is 0 Å². The molecule has 0 saturated heterocycles. The topological polar surface area (TPSA) is 45.6 Å². The van der Waals surface area contributed by atoms with Gasteiger partial charge >= 0.3 is 0 Å². The number of thiocarbonyl (C=S) groups is 1. The van der Waals surface area contributed by atoms with Crippen LogP contribution < -0.4 is 10.7 Å². The van der Waals surface area contributed by atoms with Crippen LogP contribution in [-0.2, 0) is 4.74 Å². The second-order valence-electron chi connectivity index (χ2n) is 3.72. The lowest BCUT2D eigenvalue weighted by molar-refractivity contribution is 0.179. The first-order chi connectivity index (χ1) is 8.63. The maximum absolute atomic E-state index is 13.2. The van der Waals surface area contributed by atoms with E-state index in [9.17, 15) is 4.39 Å². The Morgan fingerprint density at radius 2 is 2.28 bits per heavy atom. The van der Waals surface area contributed by atoms with Gasteiger partial charge in [-0.15, -0.1) is 0 Å². The Morgan fingerprint density at radius 1 is 1.56 bits per heavy atom. The third-order valence-corrected chi connectivity index (χ3v) is 2.28. The van der Waals surface area contributed by atoms with Gasteiger partial charge in [-0.1, -0.05) is 18.2 Å². The molecule has 0 aliphatic carbocycles. The zero-order valence-corrected chi connectivity index (χ0v) is 11.1. The van der Waals surface area contributed by atoms with Crippen molar-refractivity contribution in [3.05, 3.63) is 35.6 Å². The maximum atomic E-state index is 13.2. The van der Waals surface area contributed by atoms with E-state index in [2.05, 4.69) is 15.8 Å². The van der Waals surface area contributed by atoms with Gasteiger partial charge in [0.15, 0.2) is 5.11 Å². The molecular formula is C12H16FN3OS. The molecular weight excluding hydrogens is 253 g/mol. The molecule has 1 atom stereocenters. The van der Waals surface area contributed by atoms with Crippen molar-refractivity contribution in [1.82, 2.24) is 10.7 Å². The minimum absolute atomic E-state index is 0.0821. The van der Waals surface area contributed by atoms with E-state index in [0.717, 1.165) is 0 Å². The smallest absolute Gasteiger partial charge is 0.187 e. The van der Waals surface area contributed by atoms with Gasteiger partial charge in [-0.05, 0) is 25.2 Å². The van der Waals surface area contributed by atoms with Crippen molar-refractivity contribution >= 4 is 23.5 Å². The lowest BCUT2D eigenvalue weighted by Gasteiger charge is -2.13. The Balaban J connectivity index is 2.41. The van der Waals surface area contributed by atoms with Crippen LogP contribution in [0.3, 0.4) is 0 Å². The Kier molecular flexibility index (Phi) is 6.24. The van der Waals surface area contributed by atoms with Crippen LogP contribution >= 0.6 is 12.2 Å². The number of rotatable bonds is 5. The van der Waals surface area contributed by atoms with Crippen molar-refractivity contribution in [3.63, 3.8) is 0 Å². The van der Waals surface area contributed by atoms with Crippen molar-refractivity contribution in [3.8, 4) is 0 Å². The number of halogens is 1. The van der Waals surface area contributed by atoms with E-state index in [1.807, 2.05) is 6.92 Å². The highest BCUT2D eigenvalue weighted by atomic mass is 32.1. The molecule has 4 nitrogen and oxygen atoms in total. The van der Waals surface area contributed by atoms with Crippen LogP contribution in [0.2, 0.25) is 0 Å². The summed E-state index contributed by atoms with van der Waals surface area (Å²) in [6, 6.07) is 6.45. The second-order valence-corrected chi connectivity index (χ2v) is 4.13. The van der Waals surface area contributed by atoms with Gasteiger partial charge in [-0.3, -0.25) is 5.43 Å². The quantitative estimate of drug-likeness (QED) is 0.485. The highest BCUT2D eigenvalue weighted by Crippen LogP contribution is 2.02. The first kappa shape index (κ1) is 14.5. The van der Waals surface area contributed by atoms with E-state index >= 15 is 0 Å². The molecule has 0 aliphatic heterocycles.